The van der Waals surface area contributed by atoms with Crippen LogP contribution in [0, 0.1) is 20.8 Å². The van der Waals surface area contributed by atoms with Gasteiger partial charge >= 0.3 is 0 Å². The molecule has 1 aliphatic rings. The molecule has 3 rings (SSSR count). The van der Waals surface area contributed by atoms with Gasteiger partial charge < -0.3 is 4.74 Å². The van der Waals surface area contributed by atoms with E-state index in [0.29, 0.717) is 11.3 Å². The minimum atomic E-state index is -3.65. The number of aryl methyl sites for hydroxylation is 3. The molecule has 0 amide bonds. The van der Waals surface area contributed by atoms with Crippen molar-refractivity contribution in [1.29, 1.82) is 0 Å². The molecule has 1 N–H and O–H groups in total. The van der Waals surface area contributed by atoms with E-state index >= 15 is 0 Å². The van der Waals surface area contributed by atoms with Crippen LogP contribution < -0.4 is 9.46 Å². The number of sulfonamides is 1. The van der Waals surface area contributed by atoms with E-state index in [9.17, 15) is 8.42 Å². The minimum absolute atomic E-state index is 0.306. The lowest BCUT2D eigenvalue weighted by molar-refractivity contribution is 0.0260. The van der Waals surface area contributed by atoms with Crippen molar-refractivity contribution in [3.8, 4) is 5.75 Å². The van der Waals surface area contributed by atoms with Crippen LogP contribution in [0.5, 0.6) is 5.75 Å². The fourth-order valence-electron chi connectivity index (χ4n) is 4.24. The molecule has 0 aliphatic carbocycles. The molecule has 0 spiro atoms. The number of hydrogen-bond acceptors (Lipinski definition) is 3. The highest BCUT2D eigenvalue weighted by Gasteiger charge is 2.40. The summed E-state index contributed by atoms with van der Waals surface area (Å²) in [5, 5.41) is 0. The summed E-state index contributed by atoms with van der Waals surface area (Å²) < 4.78 is 35.9. The number of rotatable bonds is 5. The molecule has 0 unspecified atom stereocenters. The van der Waals surface area contributed by atoms with Gasteiger partial charge in [0.2, 0.25) is 10.0 Å². The first-order chi connectivity index (χ1) is 12.7. The van der Waals surface area contributed by atoms with E-state index in [1.54, 1.807) is 0 Å². The van der Waals surface area contributed by atoms with Gasteiger partial charge in [0.1, 0.15) is 11.4 Å². The van der Waals surface area contributed by atoms with E-state index in [4.69, 9.17) is 4.74 Å². The summed E-state index contributed by atoms with van der Waals surface area (Å²) >= 11 is 0. The van der Waals surface area contributed by atoms with Crippen molar-refractivity contribution in [3.05, 3.63) is 58.7 Å². The van der Waals surface area contributed by atoms with Crippen LogP contribution in [0.3, 0.4) is 0 Å². The molecule has 1 aliphatic heterocycles. The van der Waals surface area contributed by atoms with Gasteiger partial charge in [-0.2, -0.15) is 0 Å². The highest BCUT2D eigenvalue weighted by molar-refractivity contribution is 7.89. The lowest BCUT2D eigenvalue weighted by Gasteiger charge is -2.41. The smallest absolute Gasteiger partial charge is 0.241 e. The van der Waals surface area contributed by atoms with Crippen LogP contribution in [0.4, 0.5) is 0 Å². The predicted octanol–water partition coefficient (Wildman–Crippen LogP) is 4.97. The third kappa shape index (κ3) is 3.76. The average Bonchev–Trinajstić information content (AvgIpc) is 2.60. The van der Waals surface area contributed by atoms with Gasteiger partial charge in [0.05, 0.1) is 10.9 Å². The van der Waals surface area contributed by atoms with Gasteiger partial charge in [-0.05, 0) is 50.8 Å². The molecule has 2 aromatic carbocycles. The van der Waals surface area contributed by atoms with Gasteiger partial charge in [0.25, 0.3) is 0 Å². The van der Waals surface area contributed by atoms with Gasteiger partial charge in [-0.15, -0.1) is 0 Å². The Morgan fingerprint density at radius 3 is 2.26 bits per heavy atom. The molecular formula is C22H29NO3S. The summed E-state index contributed by atoms with van der Waals surface area (Å²) in [4.78, 5) is 0.385. The Labute approximate surface area is 163 Å². The number of hydrogen-bond donors (Lipinski definition) is 1. The second-order valence-corrected chi connectivity index (χ2v) is 9.29. The molecule has 27 heavy (non-hydrogen) atoms. The zero-order valence-electron chi connectivity index (χ0n) is 16.8. The highest BCUT2D eigenvalue weighted by Crippen LogP contribution is 2.43. The molecule has 2 aromatic rings. The van der Waals surface area contributed by atoms with Crippen LogP contribution >= 0.6 is 0 Å². The molecule has 4 nitrogen and oxygen atoms in total. The Bertz CT molecular complexity index is 923. The maximum absolute atomic E-state index is 13.3. The van der Waals surface area contributed by atoms with Crippen molar-refractivity contribution in [2.45, 2.75) is 70.4 Å². The molecule has 0 bridgehead atoms. The van der Waals surface area contributed by atoms with Crippen molar-refractivity contribution in [1.82, 2.24) is 4.72 Å². The lowest BCUT2D eigenvalue weighted by Crippen LogP contribution is -2.44. The first kappa shape index (κ1) is 19.9. The van der Waals surface area contributed by atoms with Gasteiger partial charge in [-0.3, -0.25) is 0 Å². The second kappa shape index (κ2) is 7.28. The van der Waals surface area contributed by atoms with Crippen molar-refractivity contribution in [2.24, 2.45) is 0 Å². The first-order valence-electron chi connectivity index (χ1n) is 9.59. The molecule has 0 aromatic heterocycles. The van der Waals surface area contributed by atoms with Crippen LogP contribution in [0.25, 0.3) is 0 Å². The summed E-state index contributed by atoms with van der Waals surface area (Å²) in [6, 6.07) is 11.3. The van der Waals surface area contributed by atoms with E-state index in [-0.39, 0.29) is 11.6 Å². The molecule has 146 valence electrons. The van der Waals surface area contributed by atoms with E-state index in [0.717, 1.165) is 40.8 Å². The molecule has 0 saturated carbocycles. The SMILES string of the molecule is CCC1(CC)C[C@@H](NS(=O)(=O)c2c(C)cc(C)cc2C)c2ccccc2O1. The lowest BCUT2D eigenvalue weighted by atomic mass is 9.84. The summed E-state index contributed by atoms with van der Waals surface area (Å²) in [6.07, 6.45) is 2.29. The van der Waals surface area contributed by atoms with Gasteiger partial charge in [-0.1, -0.05) is 49.7 Å². The molecular weight excluding hydrogens is 358 g/mol. The van der Waals surface area contributed by atoms with Crippen LogP contribution in [0.15, 0.2) is 41.3 Å². The van der Waals surface area contributed by atoms with Crippen LogP contribution in [-0.4, -0.2) is 14.0 Å². The van der Waals surface area contributed by atoms with Crippen LogP contribution in [-0.2, 0) is 10.0 Å². The Morgan fingerprint density at radius 1 is 1.07 bits per heavy atom. The number of benzene rings is 2. The van der Waals surface area contributed by atoms with E-state index in [1.165, 1.54) is 0 Å². The number of ether oxygens (including phenoxy) is 1. The fourth-order valence-corrected chi connectivity index (χ4v) is 5.91. The Balaban J connectivity index is 2.03. The monoisotopic (exact) mass is 387 g/mol. The van der Waals surface area contributed by atoms with E-state index in [1.807, 2.05) is 57.2 Å². The topological polar surface area (TPSA) is 55.4 Å². The highest BCUT2D eigenvalue weighted by atomic mass is 32.2. The molecule has 1 heterocycles. The summed E-state index contributed by atoms with van der Waals surface area (Å²) in [7, 11) is -3.65. The number of para-hydroxylation sites is 1. The zero-order valence-corrected chi connectivity index (χ0v) is 17.6. The first-order valence-corrected chi connectivity index (χ1v) is 11.1. The Kier molecular flexibility index (Phi) is 5.37. The quantitative estimate of drug-likeness (QED) is 0.788. The van der Waals surface area contributed by atoms with Gasteiger partial charge in [-0.25, -0.2) is 13.1 Å². The largest absolute Gasteiger partial charge is 0.487 e. The summed E-state index contributed by atoms with van der Waals surface area (Å²) in [5.74, 6) is 0.775. The van der Waals surface area contributed by atoms with Crippen molar-refractivity contribution in [2.75, 3.05) is 0 Å². The van der Waals surface area contributed by atoms with Crippen LogP contribution in [0.1, 0.15) is 61.4 Å². The predicted molar refractivity (Wildman–Crippen MR) is 109 cm³/mol. The third-order valence-electron chi connectivity index (χ3n) is 5.66. The second-order valence-electron chi connectivity index (χ2n) is 7.64. The van der Waals surface area contributed by atoms with Crippen molar-refractivity contribution in [3.63, 3.8) is 0 Å². The minimum Gasteiger partial charge on any atom is -0.487 e. The Morgan fingerprint density at radius 2 is 1.67 bits per heavy atom. The third-order valence-corrected chi connectivity index (χ3v) is 7.43. The molecule has 0 radical (unpaired) electrons. The zero-order chi connectivity index (χ0) is 19.8. The van der Waals surface area contributed by atoms with E-state index < -0.39 is 10.0 Å². The maximum atomic E-state index is 13.3. The van der Waals surface area contributed by atoms with Gasteiger partial charge in [0, 0.05) is 12.0 Å². The molecule has 5 heteroatoms. The molecule has 1 atom stereocenters. The molecule has 0 saturated heterocycles. The van der Waals surface area contributed by atoms with Crippen molar-refractivity contribution >= 4 is 10.0 Å². The van der Waals surface area contributed by atoms with Gasteiger partial charge in [0.15, 0.2) is 0 Å². The molecule has 0 fully saturated rings. The van der Waals surface area contributed by atoms with E-state index in [2.05, 4.69) is 18.6 Å². The Hall–Kier alpha value is -1.85. The average molecular weight is 388 g/mol. The fraction of sp³-hybridized carbons (Fsp3) is 0.455. The summed E-state index contributed by atoms with van der Waals surface area (Å²) in [6.45, 7) is 9.88. The number of nitrogens with one attached hydrogen (secondary N) is 1. The summed E-state index contributed by atoms with van der Waals surface area (Å²) in [5.41, 5.74) is 3.17. The van der Waals surface area contributed by atoms with Crippen LogP contribution in [0.2, 0.25) is 0 Å². The normalized spacial score (nSPS) is 18.6. The standard InChI is InChI=1S/C22H29NO3S/c1-6-22(7-2)14-19(18-10-8-9-11-20(18)26-22)23-27(24,25)21-16(4)12-15(3)13-17(21)5/h8-13,19,23H,6-7,14H2,1-5H3/t19-/m1/s1. The van der Waals surface area contributed by atoms with Crippen molar-refractivity contribution < 1.29 is 13.2 Å². The number of fused-ring (bicyclic) bond motifs is 1. The maximum Gasteiger partial charge on any atom is 0.241 e.